The molecule has 49 heavy (non-hydrogen) atoms. The molecule has 3 N–H and O–H groups in total. The average molecular weight is 700 g/mol. The van der Waals surface area contributed by atoms with E-state index >= 15 is 0 Å². The maximum Gasteiger partial charge on any atom is 0.278 e. The number of aromatic nitrogens is 4. The number of ether oxygens (including phenoxy) is 1. The highest BCUT2D eigenvalue weighted by Crippen LogP contribution is 2.46. The van der Waals surface area contributed by atoms with Crippen LogP contribution in [0.1, 0.15) is 30.0 Å². The number of hydrogen-bond acceptors (Lipinski definition) is 9. The summed E-state index contributed by atoms with van der Waals surface area (Å²) in [5, 5.41) is 15.7. The third kappa shape index (κ3) is 5.90. The molecule has 2 unspecified atom stereocenters. The van der Waals surface area contributed by atoms with E-state index in [0.717, 1.165) is 61.1 Å². The highest BCUT2D eigenvalue weighted by molar-refractivity contribution is 6.39. The van der Waals surface area contributed by atoms with Crippen molar-refractivity contribution in [2.24, 2.45) is 7.05 Å². The van der Waals surface area contributed by atoms with Crippen molar-refractivity contribution in [1.29, 1.82) is 0 Å². The second-order valence-electron chi connectivity index (χ2n) is 12.5. The maximum absolute atomic E-state index is 12.9. The molecular weight excluding hydrogens is 663 g/mol. The van der Waals surface area contributed by atoms with Crippen molar-refractivity contribution in [3.8, 4) is 28.3 Å². The van der Waals surface area contributed by atoms with Gasteiger partial charge in [0.05, 0.1) is 40.1 Å². The van der Waals surface area contributed by atoms with Gasteiger partial charge in [-0.3, -0.25) is 14.5 Å². The summed E-state index contributed by atoms with van der Waals surface area (Å²) in [7, 11) is 5.21. The largest absolute Gasteiger partial charge is 0.481 e. The predicted molar refractivity (Wildman–Crippen MR) is 193 cm³/mol. The minimum Gasteiger partial charge on any atom is -0.481 e. The minimum absolute atomic E-state index is 0.168. The lowest BCUT2D eigenvalue weighted by atomic mass is 9.98. The van der Waals surface area contributed by atoms with Crippen molar-refractivity contribution in [3.05, 3.63) is 92.5 Å². The van der Waals surface area contributed by atoms with Crippen LogP contribution in [-0.4, -0.2) is 70.4 Å². The van der Waals surface area contributed by atoms with Crippen LogP contribution >= 0.6 is 23.2 Å². The summed E-state index contributed by atoms with van der Waals surface area (Å²) >= 11 is 14.2. The second-order valence-corrected chi connectivity index (χ2v) is 13.3. The number of carbonyl (C=O) groups is 1. The van der Waals surface area contributed by atoms with Gasteiger partial charge < -0.3 is 20.7 Å². The van der Waals surface area contributed by atoms with Gasteiger partial charge in [-0.25, -0.2) is 14.6 Å². The van der Waals surface area contributed by atoms with Crippen LogP contribution in [0.25, 0.3) is 33.2 Å². The van der Waals surface area contributed by atoms with Gasteiger partial charge in [-0.1, -0.05) is 53.5 Å². The first-order valence-electron chi connectivity index (χ1n) is 16.1. The van der Waals surface area contributed by atoms with Gasteiger partial charge >= 0.3 is 0 Å². The van der Waals surface area contributed by atoms with Crippen LogP contribution in [0.5, 0.6) is 5.88 Å². The molecule has 0 bridgehead atoms. The molecule has 4 heterocycles. The topological polar surface area (TPSA) is 126 Å². The van der Waals surface area contributed by atoms with Crippen LogP contribution in [0.3, 0.4) is 0 Å². The van der Waals surface area contributed by atoms with Crippen LogP contribution in [0.15, 0.2) is 65.7 Å². The molecule has 252 valence electrons. The minimum atomic E-state index is -0.266. The maximum atomic E-state index is 12.9. The van der Waals surface area contributed by atoms with Crippen molar-refractivity contribution in [2.75, 3.05) is 39.1 Å². The number of halogens is 2. The lowest BCUT2D eigenvalue weighted by molar-refractivity contribution is -0.109. The summed E-state index contributed by atoms with van der Waals surface area (Å²) in [5.41, 5.74) is 5.38. The molecule has 1 amide bonds. The normalized spacial score (nSPS) is 18.8. The standard InChI is InChI=1S/C36H36Cl2N8O3/c1-39-36(18-40-20-47)13-15-46(19-36)28-11-10-21-16-27(44-34(49-3)29(21)28)25-8-4-6-23(31(25)37)24-7-5-9-26(32(24)38)43-33-30-22(12-14-41-33)17-42-45(2)35(30)48/h4-9,12,14,16-17,20,28,39H,10-11,13,15,18-19H2,1-3H3,(H,40,47)(H,41,43). The fourth-order valence-electron chi connectivity index (χ4n) is 7.25. The van der Waals surface area contributed by atoms with E-state index in [1.807, 2.05) is 43.4 Å². The predicted octanol–water partition coefficient (Wildman–Crippen LogP) is 5.51. The lowest BCUT2D eigenvalue weighted by Crippen LogP contribution is -2.52. The van der Waals surface area contributed by atoms with E-state index < -0.39 is 0 Å². The highest BCUT2D eigenvalue weighted by Gasteiger charge is 2.42. The summed E-state index contributed by atoms with van der Waals surface area (Å²) in [4.78, 5) is 35.9. The average Bonchev–Trinajstić information content (AvgIpc) is 3.75. The molecule has 3 aromatic heterocycles. The zero-order valence-electron chi connectivity index (χ0n) is 27.4. The number of likely N-dealkylation sites (N-methyl/N-ethyl adjacent to an activating group) is 1. The molecule has 1 saturated heterocycles. The van der Waals surface area contributed by atoms with Crippen molar-refractivity contribution in [1.82, 2.24) is 35.3 Å². The van der Waals surface area contributed by atoms with E-state index in [1.165, 1.54) is 10.2 Å². The number of fused-ring (bicyclic) bond motifs is 2. The van der Waals surface area contributed by atoms with Gasteiger partial charge in [0.1, 0.15) is 5.82 Å². The molecule has 2 aliphatic rings. The first-order valence-corrected chi connectivity index (χ1v) is 16.9. The summed E-state index contributed by atoms with van der Waals surface area (Å²) in [6, 6.07) is 15.5. The molecule has 1 aliphatic heterocycles. The number of amides is 1. The molecular formula is C36H36Cl2N8O3. The molecule has 11 nitrogen and oxygen atoms in total. The fraction of sp³-hybridized carbons (Fsp3) is 0.306. The number of nitrogens with zero attached hydrogens (tertiary/aromatic N) is 5. The Balaban J connectivity index is 1.21. The highest BCUT2D eigenvalue weighted by atomic mass is 35.5. The zero-order chi connectivity index (χ0) is 34.3. The van der Waals surface area contributed by atoms with Crippen molar-refractivity contribution >= 4 is 51.9 Å². The number of pyridine rings is 2. The molecule has 5 aromatic rings. The number of methoxy groups -OCH3 is 1. The van der Waals surface area contributed by atoms with Crippen LogP contribution in [0, 0.1) is 0 Å². The molecule has 1 aliphatic carbocycles. The summed E-state index contributed by atoms with van der Waals surface area (Å²) in [6.07, 6.45) is 6.79. The number of rotatable bonds is 10. The van der Waals surface area contributed by atoms with Crippen molar-refractivity contribution in [3.63, 3.8) is 0 Å². The Hall–Kier alpha value is -4.55. The molecule has 1 fully saturated rings. The summed E-state index contributed by atoms with van der Waals surface area (Å²) in [6.45, 7) is 2.29. The Morgan fingerprint density at radius 1 is 1.10 bits per heavy atom. The van der Waals surface area contributed by atoms with E-state index in [1.54, 1.807) is 32.6 Å². The molecule has 2 aromatic carbocycles. The van der Waals surface area contributed by atoms with Gasteiger partial charge in [0.15, 0.2) is 0 Å². The van der Waals surface area contributed by atoms with Crippen LogP contribution in [-0.2, 0) is 18.3 Å². The molecule has 0 spiro atoms. The number of carbonyl (C=O) groups excluding carboxylic acids is 1. The first-order chi connectivity index (χ1) is 23.8. The van der Waals surface area contributed by atoms with Crippen LogP contribution < -0.4 is 26.2 Å². The molecule has 0 saturated carbocycles. The molecule has 0 radical (unpaired) electrons. The van der Waals surface area contributed by atoms with Gasteiger partial charge in [-0.05, 0) is 50.1 Å². The monoisotopic (exact) mass is 698 g/mol. The van der Waals surface area contributed by atoms with Gasteiger partial charge in [0.25, 0.3) is 5.56 Å². The Morgan fingerprint density at radius 3 is 2.65 bits per heavy atom. The Kier molecular flexibility index (Phi) is 9.01. The first kappa shape index (κ1) is 33.0. The Labute approximate surface area is 293 Å². The number of anilines is 2. The van der Waals surface area contributed by atoms with E-state index in [0.29, 0.717) is 50.3 Å². The third-order valence-corrected chi connectivity index (χ3v) is 10.7. The van der Waals surface area contributed by atoms with E-state index in [-0.39, 0.29) is 17.1 Å². The van der Waals surface area contributed by atoms with Crippen LogP contribution in [0.4, 0.5) is 11.5 Å². The van der Waals surface area contributed by atoms with E-state index in [9.17, 15) is 9.59 Å². The Bertz CT molecular complexity index is 2140. The number of nitrogens with one attached hydrogen (secondary N) is 3. The van der Waals surface area contributed by atoms with Gasteiger partial charge in [-0.15, -0.1) is 0 Å². The number of benzene rings is 2. The summed E-state index contributed by atoms with van der Waals surface area (Å²) < 4.78 is 7.20. The second kappa shape index (κ2) is 13.4. The van der Waals surface area contributed by atoms with Crippen molar-refractivity contribution < 1.29 is 9.53 Å². The zero-order valence-corrected chi connectivity index (χ0v) is 28.9. The van der Waals surface area contributed by atoms with Gasteiger partial charge in [0, 0.05) is 72.1 Å². The van der Waals surface area contributed by atoms with E-state index in [2.05, 4.69) is 37.0 Å². The molecule has 7 rings (SSSR count). The molecule has 2 atom stereocenters. The number of aryl methyl sites for hydroxylation is 2. The smallest absolute Gasteiger partial charge is 0.278 e. The Morgan fingerprint density at radius 2 is 1.88 bits per heavy atom. The van der Waals surface area contributed by atoms with Gasteiger partial charge in [-0.2, -0.15) is 5.10 Å². The quantitative estimate of drug-likeness (QED) is 0.162. The van der Waals surface area contributed by atoms with Crippen molar-refractivity contribution in [2.45, 2.75) is 30.8 Å². The third-order valence-electron chi connectivity index (χ3n) is 9.88. The van der Waals surface area contributed by atoms with E-state index in [4.69, 9.17) is 32.9 Å². The van der Waals surface area contributed by atoms with Crippen LogP contribution in [0.2, 0.25) is 10.0 Å². The lowest BCUT2D eigenvalue weighted by Gasteiger charge is -2.31. The van der Waals surface area contributed by atoms with Gasteiger partial charge in [0.2, 0.25) is 12.3 Å². The SMILES string of the molecule is CNC1(CNC=O)CCN(C2CCc3cc(-c4cccc(-c5cccc(Nc6nccc7cnn(C)c(=O)c67)c5Cl)c4Cl)nc(OC)c32)C1. The molecule has 13 heteroatoms. The number of likely N-dealkylation sites (tertiary alicyclic amines) is 1. The fourth-order valence-corrected chi connectivity index (χ4v) is 7.85. The number of hydrogen-bond donors (Lipinski definition) is 3. The summed E-state index contributed by atoms with van der Waals surface area (Å²) in [5.74, 6) is 0.980.